The minimum atomic E-state index is -1.29. The van der Waals surface area contributed by atoms with Crippen LogP contribution in [0.3, 0.4) is 0 Å². The Morgan fingerprint density at radius 2 is 1.97 bits per heavy atom. The number of carboxylic acids is 1. The summed E-state index contributed by atoms with van der Waals surface area (Å²) in [6.45, 7) is 0.0911. The van der Waals surface area contributed by atoms with E-state index in [2.05, 4.69) is 4.98 Å². The Labute approximate surface area is 175 Å². The number of nitrogens with one attached hydrogen (secondary N) is 1. The lowest BCUT2D eigenvalue weighted by Crippen LogP contribution is -2.34. The molecule has 1 aromatic heterocycles. The van der Waals surface area contributed by atoms with Crippen LogP contribution in [-0.4, -0.2) is 39.5 Å². The van der Waals surface area contributed by atoms with Gasteiger partial charge in [-0.3, -0.25) is 9.69 Å². The Morgan fingerprint density at radius 3 is 2.77 bits per heavy atom. The van der Waals surface area contributed by atoms with Gasteiger partial charge in [0.15, 0.2) is 23.0 Å². The molecule has 30 heavy (non-hydrogen) atoms. The lowest BCUT2D eigenvalue weighted by Gasteiger charge is -2.24. The van der Waals surface area contributed by atoms with Gasteiger partial charge in [0.1, 0.15) is 5.88 Å². The van der Waals surface area contributed by atoms with Crippen LogP contribution >= 0.6 is 11.6 Å². The Bertz CT molecular complexity index is 1220. The summed E-state index contributed by atoms with van der Waals surface area (Å²) in [5.74, 6) is -1.14. The first-order valence-corrected chi connectivity index (χ1v) is 9.60. The quantitative estimate of drug-likeness (QED) is 0.620. The van der Waals surface area contributed by atoms with E-state index < -0.39 is 24.0 Å². The summed E-state index contributed by atoms with van der Waals surface area (Å²) in [7, 11) is 0. The Hall–Kier alpha value is -3.65. The smallest absolute Gasteiger partial charge is 0.356 e. The number of hydrogen-bond donors (Lipinski definition) is 2. The molecule has 0 aliphatic carbocycles. The van der Waals surface area contributed by atoms with Gasteiger partial charge < -0.3 is 24.3 Å². The zero-order chi connectivity index (χ0) is 20.8. The Morgan fingerprint density at radius 1 is 1.17 bits per heavy atom. The second-order valence-electron chi connectivity index (χ2n) is 6.71. The number of hydrogen-bond acceptors (Lipinski definition) is 5. The predicted octanol–water partition coefficient (Wildman–Crippen LogP) is 3.45. The zero-order valence-corrected chi connectivity index (χ0v) is 16.2. The van der Waals surface area contributed by atoms with Crippen molar-refractivity contribution in [3.05, 3.63) is 65.5 Å². The third-order valence-electron chi connectivity index (χ3n) is 5.02. The van der Waals surface area contributed by atoms with Gasteiger partial charge in [0.05, 0.1) is 0 Å². The summed E-state index contributed by atoms with van der Waals surface area (Å²) in [6, 6.07) is 12.5. The number of rotatable bonds is 4. The summed E-state index contributed by atoms with van der Waals surface area (Å²) < 4.78 is 16.8. The fraction of sp³-hybridized carbons (Fsp3) is 0.143. The molecule has 1 atom stereocenters. The van der Waals surface area contributed by atoms with Gasteiger partial charge >= 0.3 is 5.97 Å². The van der Waals surface area contributed by atoms with Gasteiger partial charge in [0, 0.05) is 28.2 Å². The van der Waals surface area contributed by atoms with E-state index in [9.17, 15) is 14.7 Å². The first-order valence-electron chi connectivity index (χ1n) is 9.06. The second kappa shape index (κ2) is 7.00. The number of carbonyl (C=O) groups excluding carboxylic acids is 1. The van der Waals surface area contributed by atoms with E-state index in [4.69, 9.17) is 25.8 Å². The average molecular weight is 427 g/mol. The van der Waals surface area contributed by atoms with Crippen molar-refractivity contribution in [3.63, 3.8) is 0 Å². The van der Waals surface area contributed by atoms with Crippen molar-refractivity contribution in [2.45, 2.75) is 6.23 Å². The average Bonchev–Trinajstić information content (AvgIpc) is 3.47. The molecule has 2 aliphatic heterocycles. The summed E-state index contributed by atoms with van der Waals surface area (Å²) >= 11 is 5.80. The van der Waals surface area contributed by atoms with Gasteiger partial charge in [0.2, 0.25) is 18.9 Å². The number of alkyl halides is 1. The van der Waals surface area contributed by atoms with Gasteiger partial charge in [0.25, 0.3) is 0 Å². The highest BCUT2D eigenvalue weighted by atomic mass is 35.5. The molecule has 0 bridgehead atoms. The molecule has 1 amide bonds. The Balaban J connectivity index is 1.66. The molecule has 0 radical (unpaired) electrons. The molecule has 2 aromatic carbocycles. The third-order valence-corrected chi connectivity index (χ3v) is 5.25. The maximum Gasteiger partial charge on any atom is 0.356 e. The highest BCUT2D eigenvalue weighted by molar-refractivity contribution is 6.27. The van der Waals surface area contributed by atoms with Crippen LogP contribution in [0.15, 0.2) is 54.4 Å². The molecule has 0 spiro atoms. The number of nitrogens with zero attached hydrogens (tertiary/aromatic N) is 1. The van der Waals surface area contributed by atoms with Gasteiger partial charge in [-0.1, -0.05) is 18.2 Å². The van der Waals surface area contributed by atoms with E-state index >= 15 is 0 Å². The van der Waals surface area contributed by atoms with Crippen LogP contribution in [0.4, 0.5) is 0 Å². The molecule has 0 saturated carbocycles. The standard InChI is InChI=1S/C21H15ClN2O6/c22-8-17(25)24-18(21(26)27)19(13-9-23-14-4-2-1-3-12(13)14)30-20(24)11-5-6-15-16(7-11)29-10-28-15/h1-7,9,20,23H,8,10H2,(H,26,27). The van der Waals surface area contributed by atoms with Crippen LogP contribution in [0, 0.1) is 0 Å². The van der Waals surface area contributed by atoms with E-state index in [1.54, 1.807) is 24.4 Å². The van der Waals surface area contributed by atoms with Crippen LogP contribution in [0.5, 0.6) is 11.5 Å². The number of aromatic amines is 1. The minimum absolute atomic E-state index is 0.0843. The van der Waals surface area contributed by atoms with Gasteiger partial charge in [-0.15, -0.1) is 11.6 Å². The SMILES string of the molecule is O=C(O)C1=C(c2c[nH]c3ccccc23)OC(c2ccc3c(c2)OCO3)N1C(=O)CCl. The first-order chi connectivity index (χ1) is 14.6. The fourth-order valence-electron chi connectivity index (χ4n) is 3.70. The van der Waals surface area contributed by atoms with Crippen LogP contribution < -0.4 is 9.47 Å². The van der Waals surface area contributed by atoms with Crippen LogP contribution in [0.1, 0.15) is 17.4 Å². The van der Waals surface area contributed by atoms with Crippen molar-refractivity contribution in [3.8, 4) is 11.5 Å². The van der Waals surface area contributed by atoms with Gasteiger partial charge in [-0.2, -0.15) is 0 Å². The van der Waals surface area contributed by atoms with Crippen LogP contribution in [0.25, 0.3) is 16.7 Å². The molecule has 5 rings (SSSR count). The summed E-state index contributed by atoms with van der Waals surface area (Å²) in [5, 5.41) is 10.7. The molecular weight excluding hydrogens is 412 g/mol. The number of benzene rings is 2. The van der Waals surface area contributed by atoms with Crippen molar-refractivity contribution in [2.24, 2.45) is 0 Å². The van der Waals surface area contributed by atoms with E-state index in [0.717, 1.165) is 15.8 Å². The number of aromatic nitrogens is 1. The number of H-pyrrole nitrogens is 1. The van der Waals surface area contributed by atoms with Crippen molar-refractivity contribution in [1.82, 2.24) is 9.88 Å². The largest absolute Gasteiger partial charge is 0.476 e. The van der Waals surface area contributed by atoms with E-state index in [-0.39, 0.29) is 18.2 Å². The van der Waals surface area contributed by atoms with E-state index in [0.29, 0.717) is 22.6 Å². The lowest BCUT2D eigenvalue weighted by molar-refractivity contribution is -0.141. The molecule has 3 aromatic rings. The second-order valence-corrected chi connectivity index (χ2v) is 6.98. The molecule has 152 valence electrons. The van der Waals surface area contributed by atoms with Gasteiger partial charge in [-0.25, -0.2) is 4.79 Å². The number of amides is 1. The van der Waals surface area contributed by atoms with Gasteiger partial charge in [-0.05, 0) is 24.3 Å². The number of carboxylic acid groups (broad SMARTS) is 1. The third kappa shape index (κ3) is 2.76. The van der Waals surface area contributed by atoms with Crippen molar-refractivity contribution in [1.29, 1.82) is 0 Å². The molecule has 2 N–H and O–H groups in total. The van der Waals surface area contributed by atoms with Crippen LogP contribution in [-0.2, 0) is 14.3 Å². The molecule has 8 nitrogen and oxygen atoms in total. The minimum Gasteiger partial charge on any atom is -0.476 e. The molecule has 3 heterocycles. The number of ether oxygens (including phenoxy) is 3. The Kier molecular flexibility index (Phi) is 4.29. The predicted molar refractivity (Wildman–Crippen MR) is 107 cm³/mol. The monoisotopic (exact) mass is 426 g/mol. The highest BCUT2D eigenvalue weighted by Crippen LogP contribution is 2.45. The zero-order valence-electron chi connectivity index (χ0n) is 15.4. The topological polar surface area (TPSA) is 101 Å². The van der Waals surface area contributed by atoms with E-state index in [1.807, 2.05) is 24.3 Å². The first kappa shape index (κ1) is 18.4. The molecule has 9 heteroatoms. The van der Waals surface area contributed by atoms with Crippen molar-refractivity contribution >= 4 is 40.1 Å². The maximum absolute atomic E-state index is 12.7. The summed E-state index contributed by atoms with van der Waals surface area (Å²) in [4.78, 5) is 29.1. The number of para-hydroxylation sites is 1. The molecule has 0 saturated heterocycles. The normalized spacial score (nSPS) is 17.5. The number of carbonyl (C=O) groups is 2. The number of aliphatic carboxylic acids is 1. The summed E-state index contributed by atoms with van der Waals surface area (Å²) in [5.41, 5.74) is 1.62. The molecular formula is C21H15ClN2O6. The molecule has 2 aliphatic rings. The summed E-state index contributed by atoms with van der Waals surface area (Å²) in [6.07, 6.45) is 0.648. The lowest BCUT2D eigenvalue weighted by atomic mass is 10.1. The molecule has 1 unspecified atom stereocenters. The number of fused-ring (bicyclic) bond motifs is 2. The maximum atomic E-state index is 12.7. The molecule has 0 fully saturated rings. The fourth-order valence-corrected chi connectivity index (χ4v) is 3.83. The van der Waals surface area contributed by atoms with E-state index in [1.165, 1.54) is 0 Å². The van der Waals surface area contributed by atoms with Crippen LogP contribution in [0.2, 0.25) is 0 Å². The van der Waals surface area contributed by atoms with Crippen molar-refractivity contribution < 1.29 is 28.9 Å². The van der Waals surface area contributed by atoms with Crippen molar-refractivity contribution in [2.75, 3.05) is 12.7 Å². The highest BCUT2D eigenvalue weighted by Gasteiger charge is 2.43. The number of halogens is 1.